The number of ketones is 2. The van der Waals surface area contributed by atoms with Gasteiger partial charge in [-0.15, -0.1) is 0 Å². The highest BCUT2D eigenvalue weighted by atomic mass is 32.2. The average molecular weight is 392 g/mol. The normalized spacial score (nSPS) is 11.0. The molecular weight excluding hydrogens is 372 g/mol. The van der Waals surface area contributed by atoms with Crippen LogP contribution < -0.4 is 20.9 Å². The van der Waals surface area contributed by atoms with Gasteiger partial charge in [-0.3, -0.25) is 9.59 Å². The van der Waals surface area contributed by atoms with Crippen LogP contribution in [0.3, 0.4) is 0 Å². The van der Waals surface area contributed by atoms with E-state index in [0.717, 1.165) is 0 Å². The Kier molecular flexibility index (Phi) is 7.05. The van der Waals surface area contributed by atoms with Crippen LogP contribution in [0.1, 0.15) is 0 Å². The Morgan fingerprint density at radius 3 is 1.33 bits per heavy atom. The molecular formula is C18H20N2O6S. The van der Waals surface area contributed by atoms with Crippen molar-refractivity contribution in [2.24, 2.45) is 11.5 Å². The van der Waals surface area contributed by atoms with Crippen LogP contribution in [0.2, 0.25) is 0 Å². The average Bonchev–Trinajstić information content (AvgIpc) is 2.70. The molecule has 2 aromatic rings. The van der Waals surface area contributed by atoms with E-state index >= 15 is 0 Å². The Morgan fingerprint density at radius 1 is 0.704 bits per heavy atom. The maximum absolute atomic E-state index is 12.7. The summed E-state index contributed by atoms with van der Waals surface area (Å²) in [6.45, 7) is -0.577. The summed E-state index contributed by atoms with van der Waals surface area (Å²) in [5.41, 5.74) is 10.4. The number of sulfone groups is 1. The molecule has 9 heteroatoms. The van der Waals surface area contributed by atoms with E-state index in [1.54, 1.807) is 0 Å². The van der Waals surface area contributed by atoms with Crippen LogP contribution in [0.15, 0.2) is 58.3 Å². The zero-order chi connectivity index (χ0) is 19.9. The predicted molar refractivity (Wildman–Crippen MR) is 97.4 cm³/mol. The smallest absolute Gasteiger partial charge is 0.206 e. The van der Waals surface area contributed by atoms with Crippen molar-refractivity contribution in [2.75, 3.05) is 26.3 Å². The number of carbonyl (C=O) groups is 2. The van der Waals surface area contributed by atoms with Crippen molar-refractivity contribution in [1.29, 1.82) is 0 Å². The number of ether oxygens (including phenoxy) is 2. The quantitative estimate of drug-likeness (QED) is 0.590. The third-order valence-corrected chi connectivity index (χ3v) is 5.31. The molecule has 0 radical (unpaired) electrons. The Hall–Kier alpha value is -2.75. The van der Waals surface area contributed by atoms with E-state index in [2.05, 4.69) is 0 Å². The number of Topliss-reactive ketones (excluding diaryl/α,β-unsaturated/α-hetero) is 2. The summed E-state index contributed by atoms with van der Waals surface area (Å²) in [4.78, 5) is 22.4. The fourth-order valence-electron chi connectivity index (χ4n) is 2.01. The number of carbonyl (C=O) groups excluding carboxylic acids is 2. The topological polar surface area (TPSA) is 139 Å². The molecule has 4 N–H and O–H groups in total. The van der Waals surface area contributed by atoms with Gasteiger partial charge in [0.25, 0.3) is 0 Å². The molecule has 0 heterocycles. The summed E-state index contributed by atoms with van der Waals surface area (Å²) in [6, 6.07) is 11.4. The van der Waals surface area contributed by atoms with Crippen molar-refractivity contribution in [1.82, 2.24) is 0 Å². The largest absolute Gasteiger partial charge is 0.486 e. The fourth-order valence-corrected chi connectivity index (χ4v) is 3.27. The lowest BCUT2D eigenvalue weighted by Crippen LogP contribution is -2.20. The summed E-state index contributed by atoms with van der Waals surface area (Å²) < 4.78 is 35.8. The number of benzene rings is 2. The molecule has 0 fully saturated rings. The molecule has 0 aromatic heterocycles. The van der Waals surface area contributed by atoms with Crippen molar-refractivity contribution < 1.29 is 27.5 Å². The van der Waals surface area contributed by atoms with Gasteiger partial charge in [0.05, 0.1) is 22.9 Å². The highest BCUT2D eigenvalue weighted by Gasteiger charge is 2.18. The Morgan fingerprint density at radius 2 is 1.04 bits per heavy atom. The van der Waals surface area contributed by atoms with Crippen molar-refractivity contribution in [2.45, 2.75) is 9.79 Å². The van der Waals surface area contributed by atoms with Gasteiger partial charge >= 0.3 is 0 Å². The van der Waals surface area contributed by atoms with Gasteiger partial charge in [-0.05, 0) is 48.5 Å². The molecule has 0 atom stereocenters. The lowest BCUT2D eigenvalue weighted by molar-refractivity contribution is -0.120. The lowest BCUT2D eigenvalue weighted by Gasteiger charge is -2.09. The molecule has 144 valence electrons. The zero-order valence-corrected chi connectivity index (χ0v) is 15.3. The third-order valence-electron chi connectivity index (χ3n) is 3.52. The molecule has 0 spiro atoms. The summed E-state index contributed by atoms with van der Waals surface area (Å²) >= 11 is 0. The zero-order valence-electron chi connectivity index (χ0n) is 14.5. The molecule has 0 bridgehead atoms. The molecule has 0 unspecified atom stereocenters. The molecule has 0 aliphatic heterocycles. The summed E-state index contributed by atoms with van der Waals surface area (Å²) in [6.07, 6.45) is 0. The van der Waals surface area contributed by atoms with Gasteiger partial charge in [-0.25, -0.2) is 8.42 Å². The van der Waals surface area contributed by atoms with E-state index < -0.39 is 9.84 Å². The van der Waals surface area contributed by atoms with Crippen LogP contribution in [-0.4, -0.2) is 46.3 Å². The van der Waals surface area contributed by atoms with Gasteiger partial charge in [-0.1, -0.05) is 0 Å². The van der Waals surface area contributed by atoms with Gasteiger partial charge in [-0.2, -0.15) is 0 Å². The molecule has 8 nitrogen and oxygen atoms in total. The molecule has 27 heavy (non-hydrogen) atoms. The first-order chi connectivity index (χ1) is 12.9. The number of hydrogen-bond acceptors (Lipinski definition) is 8. The standard InChI is InChI=1S/C18H20N2O6S/c19-9-13(21)11-25-15-1-5-17(6-2-15)27(23,24)18-7-3-16(4-8-18)26-12-14(22)10-20/h1-8H,9-12,19-20H2. The number of nitrogens with two attached hydrogens (primary N) is 2. The van der Waals surface area contributed by atoms with Crippen molar-refractivity contribution in [3.8, 4) is 11.5 Å². The van der Waals surface area contributed by atoms with Gasteiger partial charge < -0.3 is 20.9 Å². The van der Waals surface area contributed by atoms with E-state index in [-0.39, 0.29) is 47.7 Å². The highest BCUT2D eigenvalue weighted by molar-refractivity contribution is 7.91. The minimum atomic E-state index is -3.73. The summed E-state index contributed by atoms with van der Waals surface area (Å²) in [7, 11) is -3.73. The molecule has 0 aliphatic rings. The summed E-state index contributed by atoms with van der Waals surface area (Å²) in [5.74, 6) is 0.206. The van der Waals surface area contributed by atoms with Crippen LogP contribution in [0.5, 0.6) is 11.5 Å². The molecule has 0 saturated carbocycles. The monoisotopic (exact) mass is 392 g/mol. The maximum atomic E-state index is 12.7. The Labute approximate surface area is 157 Å². The van der Waals surface area contributed by atoms with E-state index in [9.17, 15) is 18.0 Å². The van der Waals surface area contributed by atoms with Gasteiger partial charge in [0, 0.05) is 0 Å². The maximum Gasteiger partial charge on any atom is 0.206 e. The lowest BCUT2D eigenvalue weighted by atomic mass is 10.3. The molecule has 0 amide bonds. The van der Waals surface area contributed by atoms with E-state index in [1.165, 1.54) is 48.5 Å². The first-order valence-corrected chi connectivity index (χ1v) is 9.49. The van der Waals surface area contributed by atoms with Crippen LogP contribution in [-0.2, 0) is 19.4 Å². The van der Waals surface area contributed by atoms with Crippen LogP contribution >= 0.6 is 0 Å². The highest BCUT2D eigenvalue weighted by Crippen LogP contribution is 2.25. The molecule has 0 saturated heterocycles. The van der Waals surface area contributed by atoms with Gasteiger partial charge in [0.2, 0.25) is 9.84 Å². The van der Waals surface area contributed by atoms with Crippen LogP contribution in [0.25, 0.3) is 0 Å². The van der Waals surface area contributed by atoms with E-state index in [1.807, 2.05) is 0 Å². The SMILES string of the molecule is NCC(=O)COc1ccc(S(=O)(=O)c2ccc(OCC(=O)CN)cc2)cc1. The molecule has 2 aromatic carbocycles. The third kappa shape index (κ3) is 5.61. The predicted octanol–water partition coefficient (Wildman–Crippen LogP) is 0.333. The summed E-state index contributed by atoms with van der Waals surface area (Å²) in [5, 5.41) is 0. The first kappa shape index (κ1) is 20.6. The molecule has 2 rings (SSSR count). The first-order valence-electron chi connectivity index (χ1n) is 8.01. The second kappa shape index (κ2) is 9.26. The van der Waals surface area contributed by atoms with E-state index in [4.69, 9.17) is 20.9 Å². The van der Waals surface area contributed by atoms with E-state index in [0.29, 0.717) is 11.5 Å². The Balaban J connectivity index is 2.08. The number of hydrogen-bond donors (Lipinski definition) is 2. The van der Waals surface area contributed by atoms with Gasteiger partial charge in [0.15, 0.2) is 11.6 Å². The Bertz CT molecular complexity index is 823. The molecule has 0 aliphatic carbocycles. The second-order valence-electron chi connectivity index (χ2n) is 5.51. The minimum Gasteiger partial charge on any atom is -0.486 e. The van der Waals surface area contributed by atoms with Crippen LogP contribution in [0.4, 0.5) is 0 Å². The van der Waals surface area contributed by atoms with Gasteiger partial charge in [0.1, 0.15) is 24.7 Å². The second-order valence-corrected chi connectivity index (χ2v) is 7.46. The fraction of sp³-hybridized carbons (Fsp3) is 0.222. The minimum absolute atomic E-state index is 0.0759. The van der Waals surface area contributed by atoms with Crippen LogP contribution in [0, 0.1) is 0 Å². The van der Waals surface area contributed by atoms with Crippen molar-refractivity contribution >= 4 is 21.4 Å². The van der Waals surface area contributed by atoms with Crippen molar-refractivity contribution in [3.63, 3.8) is 0 Å². The van der Waals surface area contributed by atoms with Crippen molar-refractivity contribution in [3.05, 3.63) is 48.5 Å². The number of rotatable bonds is 10.